The highest BCUT2D eigenvalue weighted by atomic mass is 35.5. The van der Waals surface area contributed by atoms with Crippen molar-refractivity contribution in [1.82, 2.24) is 10.2 Å². The fourth-order valence-corrected chi connectivity index (χ4v) is 3.89. The van der Waals surface area contributed by atoms with E-state index in [-0.39, 0.29) is 24.4 Å². The van der Waals surface area contributed by atoms with E-state index in [1.165, 1.54) is 7.05 Å². The Kier molecular flexibility index (Phi) is 8.03. The van der Waals surface area contributed by atoms with Gasteiger partial charge in [0.25, 0.3) is 5.91 Å². The van der Waals surface area contributed by atoms with E-state index in [1.807, 2.05) is 0 Å². The summed E-state index contributed by atoms with van der Waals surface area (Å²) in [7, 11) is 1.35. The van der Waals surface area contributed by atoms with E-state index in [4.69, 9.17) is 23.2 Å². The first-order chi connectivity index (χ1) is 14.3. The molecule has 2 atom stereocenters. The maximum absolute atomic E-state index is 13.1. The zero-order chi connectivity index (χ0) is 23.1. The van der Waals surface area contributed by atoms with Crippen LogP contribution in [-0.4, -0.2) is 37.0 Å². The molecule has 176 valence electrons. The Morgan fingerprint density at radius 1 is 0.938 bits per heavy atom. The quantitative estimate of drug-likeness (QED) is 0.482. The number of hydrogen-bond acceptors (Lipinski definition) is 2. The molecule has 3 rings (SSSR count). The normalized spacial score (nSPS) is 18.9. The van der Waals surface area contributed by atoms with Gasteiger partial charge in [-0.1, -0.05) is 29.3 Å². The average molecular weight is 522 g/mol. The zero-order valence-electron chi connectivity index (χ0n) is 16.3. The van der Waals surface area contributed by atoms with Crippen molar-refractivity contribution in [2.75, 3.05) is 20.1 Å². The molecule has 3 nitrogen and oxygen atoms in total. The maximum Gasteiger partial charge on any atom is 0.416 e. The second-order valence-corrected chi connectivity index (χ2v) is 8.03. The molecule has 0 bridgehead atoms. The molecule has 2 aromatic carbocycles. The van der Waals surface area contributed by atoms with E-state index in [1.54, 1.807) is 18.2 Å². The minimum atomic E-state index is -5.04. The Labute approximate surface area is 196 Å². The van der Waals surface area contributed by atoms with Crippen LogP contribution in [0.5, 0.6) is 0 Å². The van der Waals surface area contributed by atoms with Crippen LogP contribution in [0, 0.1) is 0 Å². The molecular formula is C20H17Cl3F6N2O. The van der Waals surface area contributed by atoms with Crippen LogP contribution in [0.4, 0.5) is 26.3 Å². The van der Waals surface area contributed by atoms with Crippen LogP contribution in [0.1, 0.15) is 33.0 Å². The van der Waals surface area contributed by atoms with Crippen molar-refractivity contribution < 1.29 is 31.1 Å². The lowest BCUT2D eigenvalue weighted by atomic mass is 9.93. The van der Waals surface area contributed by atoms with Gasteiger partial charge >= 0.3 is 12.4 Å². The van der Waals surface area contributed by atoms with Gasteiger partial charge in [0.05, 0.1) is 27.2 Å². The number of carbonyl (C=O) groups is 1. The molecule has 1 aliphatic heterocycles. The average Bonchev–Trinajstić information content (AvgIpc) is 3.17. The van der Waals surface area contributed by atoms with Gasteiger partial charge in [0.1, 0.15) is 0 Å². The smallest absolute Gasteiger partial charge is 0.337 e. The summed E-state index contributed by atoms with van der Waals surface area (Å²) in [6.45, 7) is 0.745. The van der Waals surface area contributed by atoms with Crippen molar-refractivity contribution in [1.29, 1.82) is 0 Å². The van der Waals surface area contributed by atoms with Crippen molar-refractivity contribution in [3.8, 4) is 0 Å². The molecule has 0 unspecified atom stereocenters. The Bertz CT molecular complexity index is 964. The van der Waals surface area contributed by atoms with Gasteiger partial charge in [0.15, 0.2) is 0 Å². The lowest BCUT2D eigenvalue weighted by molar-refractivity contribution is -0.143. The highest BCUT2D eigenvalue weighted by Crippen LogP contribution is 2.37. The number of benzene rings is 2. The van der Waals surface area contributed by atoms with Crippen LogP contribution in [0.3, 0.4) is 0 Å². The third kappa shape index (κ3) is 5.62. The van der Waals surface area contributed by atoms with E-state index >= 15 is 0 Å². The van der Waals surface area contributed by atoms with Crippen molar-refractivity contribution in [3.63, 3.8) is 0 Å². The number of amides is 1. The van der Waals surface area contributed by atoms with E-state index in [2.05, 4.69) is 5.32 Å². The van der Waals surface area contributed by atoms with Crippen molar-refractivity contribution >= 4 is 41.5 Å². The van der Waals surface area contributed by atoms with E-state index < -0.39 is 41.0 Å². The maximum atomic E-state index is 13.1. The summed E-state index contributed by atoms with van der Waals surface area (Å²) in [4.78, 5) is 14.1. The minimum absolute atomic E-state index is 0. The molecule has 32 heavy (non-hydrogen) atoms. The molecule has 1 saturated heterocycles. The van der Waals surface area contributed by atoms with Crippen LogP contribution in [0.15, 0.2) is 36.4 Å². The predicted molar refractivity (Wildman–Crippen MR) is 112 cm³/mol. The number of likely N-dealkylation sites (N-methyl/N-ethyl adjacent to an activating group) is 1. The van der Waals surface area contributed by atoms with Crippen molar-refractivity contribution in [3.05, 3.63) is 68.7 Å². The number of halogens is 9. The van der Waals surface area contributed by atoms with Crippen molar-refractivity contribution in [2.24, 2.45) is 0 Å². The molecule has 1 N–H and O–H groups in total. The topological polar surface area (TPSA) is 32.3 Å². The van der Waals surface area contributed by atoms with E-state index in [0.717, 1.165) is 10.5 Å². The summed E-state index contributed by atoms with van der Waals surface area (Å²) in [6.07, 6.45) is -10.1. The van der Waals surface area contributed by atoms with Crippen LogP contribution in [0.25, 0.3) is 0 Å². The first-order valence-electron chi connectivity index (χ1n) is 9.01. The van der Waals surface area contributed by atoms with Gasteiger partial charge in [-0.15, -0.1) is 12.4 Å². The van der Waals surface area contributed by atoms with E-state index in [9.17, 15) is 31.1 Å². The molecule has 0 aliphatic carbocycles. The lowest BCUT2D eigenvalue weighted by Gasteiger charge is -2.30. The van der Waals surface area contributed by atoms with Gasteiger partial charge in [-0.3, -0.25) is 4.79 Å². The van der Waals surface area contributed by atoms with Gasteiger partial charge in [-0.05, 0) is 35.9 Å². The standard InChI is InChI=1S/C20H16Cl2F6N2O.ClH/c1-30(17-9-29-8-14(17)10-2-3-15(21)16(22)6-10)18(31)11-4-12(19(23,24)25)7-13(5-11)20(26,27)28;/h2-7,14,17,29H,8-9H2,1H3;1H/t14-,17+;/m0./s1. The Hall–Kier alpha value is -1.68. The van der Waals surface area contributed by atoms with Crippen LogP contribution < -0.4 is 5.32 Å². The SMILES string of the molecule is CN(C(=O)c1cc(C(F)(F)F)cc(C(F)(F)F)c1)[C@@H]1CNC[C@H]1c1ccc(Cl)c(Cl)c1.Cl. The second-order valence-electron chi connectivity index (χ2n) is 7.22. The molecule has 0 radical (unpaired) electrons. The third-order valence-corrected chi connectivity index (χ3v) is 5.95. The summed E-state index contributed by atoms with van der Waals surface area (Å²) in [6, 6.07) is 5.26. The molecule has 1 heterocycles. The number of nitrogens with zero attached hydrogens (tertiary/aromatic N) is 1. The number of alkyl halides is 6. The zero-order valence-corrected chi connectivity index (χ0v) is 18.6. The summed E-state index contributed by atoms with van der Waals surface area (Å²) in [5, 5.41) is 3.72. The van der Waals surface area contributed by atoms with Crippen LogP contribution >= 0.6 is 35.6 Å². The predicted octanol–water partition coefficient (Wildman–Crippen LogP) is 6.28. The summed E-state index contributed by atoms with van der Waals surface area (Å²) in [5.41, 5.74) is -3.03. The lowest BCUT2D eigenvalue weighted by Crippen LogP contribution is -2.41. The fraction of sp³-hybridized carbons (Fsp3) is 0.350. The molecule has 1 fully saturated rings. The second kappa shape index (κ2) is 9.67. The molecule has 0 spiro atoms. The van der Waals surface area contributed by atoms with Gasteiger partial charge < -0.3 is 10.2 Å². The molecule has 0 aromatic heterocycles. The van der Waals surface area contributed by atoms with Gasteiger partial charge in [-0.2, -0.15) is 26.3 Å². The first-order valence-corrected chi connectivity index (χ1v) is 9.77. The Morgan fingerprint density at radius 3 is 2.00 bits per heavy atom. The Balaban J connectivity index is 0.00000363. The summed E-state index contributed by atoms with van der Waals surface area (Å²) >= 11 is 12.0. The monoisotopic (exact) mass is 520 g/mol. The highest BCUT2D eigenvalue weighted by molar-refractivity contribution is 6.42. The molecule has 12 heteroatoms. The van der Waals surface area contributed by atoms with E-state index in [0.29, 0.717) is 35.3 Å². The third-order valence-electron chi connectivity index (χ3n) is 5.21. The molecule has 0 saturated carbocycles. The van der Waals surface area contributed by atoms with Crippen LogP contribution in [0.2, 0.25) is 10.0 Å². The fourth-order valence-electron chi connectivity index (χ4n) is 3.59. The highest BCUT2D eigenvalue weighted by Gasteiger charge is 2.39. The minimum Gasteiger partial charge on any atom is -0.337 e. The largest absolute Gasteiger partial charge is 0.416 e. The van der Waals surface area contributed by atoms with Crippen LogP contribution in [-0.2, 0) is 12.4 Å². The molecule has 1 amide bonds. The van der Waals surface area contributed by atoms with Gasteiger partial charge in [-0.25, -0.2) is 0 Å². The molecule has 2 aromatic rings. The molecular weight excluding hydrogens is 505 g/mol. The van der Waals surface area contributed by atoms with Gasteiger partial charge in [0.2, 0.25) is 0 Å². The number of hydrogen-bond donors (Lipinski definition) is 1. The number of nitrogens with one attached hydrogen (secondary N) is 1. The summed E-state index contributed by atoms with van der Waals surface area (Å²) in [5.74, 6) is -1.23. The van der Waals surface area contributed by atoms with Crippen molar-refractivity contribution in [2.45, 2.75) is 24.3 Å². The Morgan fingerprint density at radius 2 is 1.50 bits per heavy atom. The number of rotatable bonds is 3. The first kappa shape index (κ1) is 26.6. The van der Waals surface area contributed by atoms with Gasteiger partial charge in [0, 0.05) is 31.6 Å². The number of carbonyl (C=O) groups excluding carboxylic acids is 1. The molecule has 1 aliphatic rings. The summed E-state index contributed by atoms with van der Waals surface area (Å²) < 4.78 is 78.8.